The van der Waals surface area contributed by atoms with Gasteiger partial charge in [-0.3, -0.25) is 4.79 Å². The van der Waals surface area contributed by atoms with Crippen LogP contribution in [0, 0.1) is 5.92 Å². The summed E-state index contributed by atoms with van der Waals surface area (Å²) >= 11 is 0. The third kappa shape index (κ3) is 4.19. The van der Waals surface area contributed by atoms with Crippen LogP contribution in [0.3, 0.4) is 0 Å². The second kappa shape index (κ2) is 8.15. The number of carbonyl (C=O) groups is 2. The summed E-state index contributed by atoms with van der Waals surface area (Å²) < 4.78 is 4.93. The quantitative estimate of drug-likeness (QED) is 0.847. The molecule has 132 valence electrons. The van der Waals surface area contributed by atoms with Crippen LogP contribution in [0.2, 0.25) is 0 Å². The molecule has 0 spiro atoms. The van der Waals surface area contributed by atoms with Gasteiger partial charge in [0.1, 0.15) is 6.04 Å². The van der Waals surface area contributed by atoms with Gasteiger partial charge in [-0.25, -0.2) is 4.79 Å². The average Bonchev–Trinajstić information content (AvgIpc) is 2.67. The van der Waals surface area contributed by atoms with E-state index in [1.165, 1.54) is 13.5 Å². The maximum Gasteiger partial charge on any atom is 0.328 e. The van der Waals surface area contributed by atoms with Gasteiger partial charge in [-0.05, 0) is 29.2 Å². The molecular weight excluding hydrogens is 314 g/mol. The molecule has 1 N–H and O–H groups in total. The number of nitrogens with one attached hydrogen (secondary N) is 1. The van der Waals surface area contributed by atoms with Crippen LogP contribution >= 0.6 is 0 Å². The Morgan fingerprint density at radius 3 is 2.56 bits per heavy atom. The number of esters is 1. The first-order chi connectivity index (χ1) is 12.2. The Balaban J connectivity index is 1.78. The van der Waals surface area contributed by atoms with Crippen molar-refractivity contribution in [2.75, 3.05) is 7.11 Å². The van der Waals surface area contributed by atoms with Gasteiger partial charge in [-0.2, -0.15) is 0 Å². The van der Waals surface area contributed by atoms with Gasteiger partial charge in [-0.15, -0.1) is 0 Å². The summed E-state index contributed by atoms with van der Waals surface area (Å²) in [6.45, 7) is 0. The standard InChI is InChI=1S/C21H25NO3/c1-25-21(24)19(22-20(23)16-9-3-2-4-10-16)14-17-12-7-11-15-8-5-6-13-18(15)17/h5-8,11-13,16,19H,2-4,9-10,14H2,1H3,(H,22,23)/t19-/m1/s1. The fraction of sp³-hybridized carbons (Fsp3) is 0.429. The van der Waals surface area contributed by atoms with E-state index >= 15 is 0 Å². The second-order valence-corrected chi connectivity index (χ2v) is 6.76. The number of fused-ring (bicyclic) bond motifs is 1. The molecule has 0 radical (unpaired) electrons. The summed E-state index contributed by atoms with van der Waals surface area (Å²) in [5.41, 5.74) is 1.04. The zero-order valence-electron chi connectivity index (χ0n) is 14.7. The molecule has 1 atom stereocenters. The predicted octanol–water partition coefficient (Wildman–Crippen LogP) is 3.62. The van der Waals surface area contributed by atoms with Gasteiger partial charge >= 0.3 is 5.97 Å². The minimum Gasteiger partial charge on any atom is -0.467 e. The van der Waals surface area contributed by atoms with Gasteiger partial charge < -0.3 is 10.1 Å². The van der Waals surface area contributed by atoms with Crippen LogP contribution in [-0.4, -0.2) is 25.0 Å². The molecule has 4 nitrogen and oxygen atoms in total. The lowest BCUT2D eigenvalue weighted by molar-refractivity contribution is -0.145. The van der Waals surface area contributed by atoms with E-state index in [4.69, 9.17) is 4.74 Å². The van der Waals surface area contributed by atoms with Crippen LogP contribution in [0.15, 0.2) is 42.5 Å². The number of ether oxygens (including phenoxy) is 1. The van der Waals surface area contributed by atoms with Gasteiger partial charge in [0.15, 0.2) is 0 Å². The number of rotatable bonds is 5. The van der Waals surface area contributed by atoms with Crippen molar-refractivity contribution in [3.05, 3.63) is 48.0 Å². The first kappa shape index (κ1) is 17.5. The fourth-order valence-corrected chi connectivity index (χ4v) is 3.68. The summed E-state index contributed by atoms with van der Waals surface area (Å²) in [5.74, 6) is -0.388. The Hall–Kier alpha value is -2.36. The van der Waals surface area contributed by atoms with Crippen LogP contribution in [0.4, 0.5) is 0 Å². The van der Waals surface area contributed by atoms with Crippen LogP contribution in [-0.2, 0) is 20.7 Å². The number of amides is 1. The van der Waals surface area contributed by atoms with Crippen LogP contribution in [0.25, 0.3) is 10.8 Å². The monoisotopic (exact) mass is 339 g/mol. The number of benzene rings is 2. The Morgan fingerprint density at radius 2 is 1.80 bits per heavy atom. The molecule has 2 aromatic rings. The van der Waals surface area contributed by atoms with E-state index in [9.17, 15) is 9.59 Å². The summed E-state index contributed by atoms with van der Waals surface area (Å²) in [5, 5.41) is 5.17. The van der Waals surface area contributed by atoms with Crippen molar-refractivity contribution in [3.63, 3.8) is 0 Å². The van der Waals surface area contributed by atoms with Crippen molar-refractivity contribution in [2.24, 2.45) is 5.92 Å². The van der Waals surface area contributed by atoms with Crippen molar-refractivity contribution >= 4 is 22.6 Å². The summed E-state index contributed by atoms with van der Waals surface area (Å²) in [6, 6.07) is 13.5. The van der Waals surface area contributed by atoms with Crippen molar-refractivity contribution in [2.45, 2.75) is 44.6 Å². The molecule has 4 heteroatoms. The summed E-state index contributed by atoms with van der Waals surface area (Å²) in [7, 11) is 1.37. The van der Waals surface area contributed by atoms with Gasteiger partial charge in [0.2, 0.25) is 5.91 Å². The van der Waals surface area contributed by atoms with E-state index in [1.54, 1.807) is 0 Å². The largest absolute Gasteiger partial charge is 0.467 e. The smallest absolute Gasteiger partial charge is 0.328 e. The molecule has 2 aromatic carbocycles. The lowest BCUT2D eigenvalue weighted by atomic mass is 9.88. The molecule has 0 heterocycles. The number of carbonyl (C=O) groups excluding carboxylic acids is 2. The number of methoxy groups -OCH3 is 1. The molecule has 1 aliphatic carbocycles. The van der Waals surface area contributed by atoms with Crippen molar-refractivity contribution in [3.8, 4) is 0 Å². The predicted molar refractivity (Wildman–Crippen MR) is 98.2 cm³/mol. The molecule has 25 heavy (non-hydrogen) atoms. The first-order valence-corrected chi connectivity index (χ1v) is 9.04. The van der Waals surface area contributed by atoms with Gasteiger partial charge in [0.25, 0.3) is 0 Å². The molecule has 0 bridgehead atoms. The lowest BCUT2D eigenvalue weighted by Crippen LogP contribution is -2.45. The molecular formula is C21H25NO3. The number of hydrogen-bond donors (Lipinski definition) is 1. The van der Waals surface area contributed by atoms with E-state index in [0.717, 1.165) is 42.0 Å². The minimum absolute atomic E-state index is 0.0182. The topological polar surface area (TPSA) is 55.4 Å². The van der Waals surface area contributed by atoms with Crippen LogP contribution < -0.4 is 5.32 Å². The van der Waals surface area contributed by atoms with Crippen molar-refractivity contribution < 1.29 is 14.3 Å². The molecule has 0 saturated heterocycles. The Bertz CT molecular complexity index is 744. The van der Waals surface area contributed by atoms with Crippen molar-refractivity contribution in [1.82, 2.24) is 5.32 Å². The zero-order valence-corrected chi connectivity index (χ0v) is 14.7. The highest BCUT2D eigenvalue weighted by atomic mass is 16.5. The molecule has 1 aliphatic rings. The Morgan fingerprint density at radius 1 is 1.08 bits per heavy atom. The van der Waals surface area contributed by atoms with Gasteiger partial charge in [0.05, 0.1) is 7.11 Å². The molecule has 0 unspecified atom stereocenters. The molecule has 1 amide bonds. The minimum atomic E-state index is -0.648. The molecule has 1 fully saturated rings. The van der Waals surface area contributed by atoms with E-state index in [0.29, 0.717) is 6.42 Å². The SMILES string of the molecule is COC(=O)[C@@H](Cc1cccc2ccccc12)NC(=O)C1CCCCC1. The third-order valence-corrected chi connectivity index (χ3v) is 5.08. The Labute approximate surface area is 148 Å². The zero-order chi connectivity index (χ0) is 17.6. The second-order valence-electron chi connectivity index (χ2n) is 6.76. The maximum absolute atomic E-state index is 12.6. The third-order valence-electron chi connectivity index (χ3n) is 5.08. The van der Waals surface area contributed by atoms with Crippen LogP contribution in [0.1, 0.15) is 37.7 Å². The van der Waals surface area contributed by atoms with Gasteiger partial charge in [0, 0.05) is 12.3 Å². The highest BCUT2D eigenvalue weighted by Gasteiger charge is 2.27. The maximum atomic E-state index is 12.6. The molecule has 0 aliphatic heterocycles. The summed E-state index contributed by atoms with van der Waals surface area (Å²) in [6.07, 6.45) is 5.63. The van der Waals surface area contributed by atoms with E-state index in [-0.39, 0.29) is 11.8 Å². The summed E-state index contributed by atoms with van der Waals surface area (Å²) in [4.78, 5) is 24.8. The molecule has 0 aromatic heterocycles. The van der Waals surface area contributed by atoms with E-state index < -0.39 is 12.0 Å². The number of hydrogen-bond acceptors (Lipinski definition) is 3. The highest BCUT2D eigenvalue weighted by molar-refractivity contribution is 5.88. The van der Waals surface area contributed by atoms with Crippen molar-refractivity contribution in [1.29, 1.82) is 0 Å². The fourth-order valence-electron chi connectivity index (χ4n) is 3.68. The normalized spacial score (nSPS) is 16.4. The molecule has 1 saturated carbocycles. The van der Waals surface area contributed by atoms with Crippen LogP contribution in [0.5, 0.6) is 0 Å². The van der Waals surface area contributed by atoms with Gasteiger partial charge in [-0.1, -0.05) is 61.7 Å². The Kier molecular flexibility index (Phi) is 5.69. The lowest BCUT2D eigenvalue weighted by Gasteiger charge is -2.24. The average molecular weight is 339 g/mol. The van der Waals surface area contributed by atoms with E-state index in [1.807, 2.05) is 42.5 Å². The first-order valence-electron chi connectivity index (χ1n) is 9.04. The highest BCUT2D eigenvalue weighted by Crippen LogP contribution is 2.24. The van der Waals surface area contributed by atoms with E-state index in [2.05, 4.69) is 5.32 Å². The molecule has 3 rings (SSSR count).